The average molecular weight is 237 g/mol. The molecule has 2 nitrogen and oxygen atoms in total. The van der Waals surface area contributed by atoms with Crippen LogP contribution in [-0.2, 0) is 4.79 Å². The number of carbonyl (C=O) groups is 1. The van der Waals surface area contributed by atoms with Crippen LogP contribution >= 0.6 is 0 Å². The lowest BCUT2D eigenvalue weighted by atomic mass is 10.2. The van der Waals surface area contributed by atoms with E-state index in [1.54, 1.807) is 6.08 Å². The molecule has 0 bridgehead atoms. The van der Waals surface area contributed by atoms with E-state index in [0.717, 1.165) is 12.8 Å². The number of rotatable bonds is 9. The first-order chi connectivity index (χ1) is 8.16. The molecule has 1 amide bonds. The van der Waals surface area contributed by atoms with E-state index >= 15 is 0 Å². The van der Waals surface area contributed by atoms with Crippen molar-refractivity contribution < 1.29 is 4.79 Å². The van der Waals surface area contributed by atoms with Crippen molar-refractivity contribution in [3.8, 4) is 0 Å². The van der Waals surface area contributed by atoms with Gasteiger partial charge in [0.1, 0.15) is 0 Å². The Balaban J connectivity index is 3.43. The first kappa shape index (κ1) is 16.0. The fraction of sp³-hybridized carbons (Fsp3) is 0.667. The first-order valence-electron chi connectivity index (χ1n) is 6.78. The summed E-state index contributed by atoms with van der Waals surface area (Å²) in [7, 11) is 0. The lowest BCUT2D eigenvalue weighted by molar-refractivity contribution is -0.116. The third-order valence-corrected chi connectivity index (χ3v) is 2.34. The zero-order valence-electron chi connectivity index (χ0n) is 11.5. The summed E-state index contributed by atoms with van der Waals surface area (Å²) in [5.41, 5.74) is 0. The van der Waals surface area contributed by atoms with E-state index in [1.165, 1.54) is 25.7 Å². The van der Waals surface area contributed by atoms with Gasteiger partial charge in [-0.3, -0.25) is 4.79 Å². The standard InChI is InChI=1S/C15H27NO/c1-4-5-6-7-8-9-10-11-12-13-15(17)16-14(2)3/h8-9,12-14H,4-7,10-11H2,1-3H3,(H,16,17). The van der Waals surface area contributed by atoms with Crippen LogP contribution < -0.4 is 5.32 Å². The second-order valence-corrected chi connectivity index (χ2v) is 4.61. The lowest BCUT2D eigenvalue weighted by Crippen LogP contribution is -2.28. The van der Waals surface area contributed by atoms with Gasteiger partial charge >= 0.3 is 0 Å². The SMILES string of the molecule is CCCCCC=CCCC=CC(=O)NC(C)C. The first-order valence-corrected chi connectivity index (χ1v) is 6.78. The van der Waals surface area contributed by atoms with Crippen molar-refractivity contribution in [3.63, 3.8) is 0 Å². The highest BCUT2D eigenvalue weighted by Gasteiger charge is 1.95. The van der Waals surface area contributed by atoms with Crippen molar-refractivity contribution in [1.29, 1.82) is 0 Å². The molecule has 98 valence electrons. The molecule has 0 unspecified atom stereocenters. The molecule has 0 fully saturated rings. The maximum Gasteiger partial charge on any atom is 0.243 e. The number of allylic oxidation sites excluding steroid dienone is 3. The predicted octanol–water partition coefficient (Wildman–Crippen LogP) is 3.98. The summed E-state index contributed by atoms with van der Waals surface area (Å²) >= 11 is 0. The van der Waals surface area contributed by atoms with Gasteiger partial charge in [-0.1, -0.05) is 38.0 Å². The molecule has 0 saturated heterocycles. The molecule has 0 heterocycles. The van der Waals surface area contributed by atoms with Crippen molar-refractivity contribution in [2.45, 2.75) is 65.3 Å². The minimum Gasteiger partial charge on any atom is -0.350 e. The molecule has 0 radical (unpaired) electrons. The number of carbonyl (C=O) groups excluding carboxylic acids is 1. The van der Waals surface area contributed by atoms with Gasteiger partial charge in [-0.05, 0) is 45.6 Å². The molecule has 0 aromatic heterocycles. The van der Waals surface area contributed by atoms with Crippen LogP contribution in [0.1, 0.15) is 59.3 Å². The van der Waals surface area contributed by atoms with Crippen molar-refractivity contribution in [2.75, 3.05) is 0 Å². The molecule has 17 heavy (non-hydrogen) atoms. The largest absolute Gasteiger partial charge is 0.350 e. The Kier molecular flexibility index (Phi) is 10.7. The van der Waals surface area contributed by atoms with Crippen LogP contribution in [0.3, 0.4) is 0 Å². The van der Waals surface area contributed by atoms with E-state index in [2.05, 4.69) is 24.4 Å². The Morgan fingerprint density at radius 1 is 1.06 bits per heavy atom. The quantitative estimate of drug-likeness (QED) is 0.367. The van der Waals surface area contributed by atoms with E-state index in [4.69, 9.17) is 0 Å². The van der Waals surface area contributed by atoms with Gasteiger partial charge in [-0.2, -0.15) is 0 Å². The average Bonchev–Trinajstić information content (AvgIpc) is 2.26. The van der Waals surface area contributed by atoms with Crippen LogP contribution in [0.25, 0.3) is 0 Å². The number of unbranched alkanes of at least 4 members (excludes halogenated alkanes) is 4. The monoisotopic (exact) mass is 237 g/mol. The molecule has 1 N–H and O–H groups in total. The summed E-state index contributed by atoms with van der Waals surface area (Å²) in [5, 5.41) is 2.82. The van der Waals surface area contributed by atoms with E-state index in [-0.39, 0.29) is 11.9 Å². The van der Waals surface area contributed by atoms with Crippen LogP contribution in [0.2, 0.25) is 0 Å². The minimum atomic E-state index is 0.00641. The number of amides is 1. The lowest BCUT2D eigenvalue weighted by Gasteiger charge is -2.03. The number of hydrogen-bond donors (Lipinski definition) is 1. The van der Waals surface area contributed by atoms with E-state index in [9.17, 15) is 4.79 Å². The van der Waals surface area contributed by atoms with Gasteiger partial charge in [0.25, 0.3) is 0 Å². The molecular formula is C15H27NO. The van der Waals surface area contributed by atoms with Crippen molar-refractivity contribution >= 4 is 5.91 Å². The van der Waals surface area contributed by atoms with Crippen LogP contribution in [0.4, 0.5) is 0 Å². The fourth-order valence-corrected chi connectivity index (χ4v) is 1.46. The Bertz CT molecular complexity index is 241. The maximum atomic E-state index is 11.2. The molecule has 0 aromatic rings. The normalized spacial score (nSPS) is 11.8. The van der Waals surface area contributed by atoms with Crippen molar-refractivity contribution in [2.24, 2.45) is 0 Å². The van der Waals surface area contributed by atoms with Crippen LogP contribution in [0.5, 0.6) is 0 Å². The van der Waals surface area contributed by atoms with Gasteiger partial charge in [0.15, 0.2) is 0 Å². The highest BCUT2D eigenvalue weighted by Crippen LogP contribution is 2.01. The highest BCUT2D eigenvalue weighted by molar-refractivity contribution is 5.87. The Labute approximate surface area is 106 Å². The number of nitrogens with one attached hydrogen (secondary N) is 1. The molecule has 0 aliphatic carbocycles. The number of hydrogen-bond acceptors (Lipinski definition) is 1. The van der Waals surface area contributed by atoms with Gasteiger partial charge in [-0.15, -0.1) is 0 Å². The summed E-state index contributed by atoms with van der Waals surface area (Å²) in [6.07, 6.45) is 15.1. The summed E-state index contributed by atoms with van der Waals surface area (Å²) in [5.74, 6) is 0.00641. The van der Waals surface area contributed by atoms with E-state index in [1.807, 2.05) is 19.9 Å². The molecule has 0 rings (SSSR count). The van der Waals surface area contributed by atoms with Crippen molar-refractivity contribution in [3.05, 3.63) is 24.3 Å². The zero-order chi connectivity index (χ0) is 12.9. The molecule has 0 aromatic carbocycles. The topological polar surface area (TPSA) is 29.1 Å². The molecule has 0 spiro atoms. The Hall–Kier alpha value is -1.05. The molecule has 0 aliphatic rings. The van der Waals surface area contributed by atoms with Crippen molar-refractivity contribution in [1.82, 2.24) is 5.32 Å². The van der Waals surface area contributed by atoms with Gasteiger partial charge < -0.3 is 5.32 Å². The Morgan fingerprint density at radius 2 is 1.71 bits per heavy atom. The van der Waals surface area contributed by atoms with E-state index in [0.29, 0.717) is 0 Å². The van der Waals surface area contributed by atoms with Gasteiger partial charge in [0.2, 0.25) is 5.91 Å². The molecule has 0 atom stereocenters. The molecule has 2 heteroatoms. The third-order valence-electron chi connectivity index (χ3n) is 2.34. The fourth-order valence-electron chi connectivity index (χ4n) is 1.46. The van der Waals surface area contributed by atoms with Crippen LogP contribution in [0, 0.1) is 0 Å². The highest BCUT2D eigenvalue weighted by atomic mass is 16.1. The summed E-state index contributed by atoms with van der Waals surface area (Å²) < 4.78 is 0. The smallest absolute Gasteiger partial charge is 0.243 e. The molecule has 0 aliphatic heterocycles. The Morgan fingerprint density at radius 3 is 2.35 bits per heavy atom. The second-order valence-electron chi connectivity index (χ2n) is 4.61. The van der Waals surface area contributed by atoms with Gasteiger partial charge in [-0.25, -0.2) is 0 Å². The molecule has 0 saturated carbocycles. The summed E-state index contributed by atoms with van der Waals surface area (Å²) in [6.45, 7) is 6.15. The summed E-state index contributed by atoms with van der Waals surface area (Å²) in [4.78, 5) is 11.2. The van der Waals surface area contributed by atoms with Gasteiger partial charge in [0, 0.05) is 6.04 Å². The summed E-state index contributed by atoms with van der Waals surface area (Å²) in [6, 6.07) is 0.214. The zero-order valence-corrected chi connectivity index (χ0v) is 11.5. The predicted molar refractivity (Wildman–Crippen MR) is 74.9 cm³/mol. The van der Waals surface area contributed by atoms with Crippen LogP contribution in [0.15, 0.2) is 24.3 Å². The molecular weight excluding hydrogens is 210 g/mol. The second kappa shape index (κ2) is 11.4. The van der Waals surface area contributed by atoms with Crippen LogP contribution in [-0.4, -0.2) is 11.9 Å². The third kappa shape index (κ3) is 12.9. The minimum absolute atomic E-state index is 0.00641. The van der Waals surface area contributed by atoms with E-state index < -0.39 is 0 Å². The maximum absolute atomic E-state index is 11.2. The van der Waals surface area contributed by atoms with Gasteiger partial charge in [0.05, 0.1) is 0 Å².